The van der Waals surface area contributed by atoms with Crippen LogP contribution < -0.4 is 19.4 Å². The number of nitrogens with one attached hydrogen (secondary N) is 1. The maximum absolute atomic E-state index is 6.57. The Morgan fingerprint density at radius 3 is 2.32 bits per heavy atom. The summed E-state index contributed by atoms with van der Waals surface area (Å²) in [4.78, 5) is 8.49. The molecule has 0 radical (unpaired) electrons. The Balaban J connectivity index is 0.842. The van der Waals surface area contributed by atoms with E-state index in [0.717, 1.165) is 66.3 Å². The lowest BCUT2D eigenvalue weighted by atomic mass is 10.0. The van der Waals surface area contributed by atoms with Crippen LogP contribution in [0.3, 0.4) is 0 Å². The number of ether oxygens (including phenoxy) is 3. The summed E-state index contributed by atoms with van der Waals surface area (Å²) in [6.45, 7) is 13.4. The number of fused-ring (bicyclic) bond motifs is 1. The number of nitrogens with zero attached hydrogens (tertiary/aromatic N) is 9. The molecular formula is C37H42N10O3. The number of rotatable bonds is 11. The molecule has 0 bridgehead atoms. The molecule has 3 atom stereocenters. The van der Waals surface area contributed by atoms with Crippen LogP contribution in [0, 0.1) is 0 Å². The summed E-state index contributed by atoms with van der Waals surface area (Å²) in [5.41, 5.74) is 5.31. The van der Waals surface area contributed by atoms with Gasteiger partial charge in [-0.1, -0.05) is 19.6 Å². The highest BCUT2D eigenvalue weighted by atomic mass is 16.8. The number of hydrogen-bond acceptors (Lipinski definition) is 11. The zero-order valence-electron chi connectivity index (χ0n) is 28.4. The molecule has 8 rings (SSSR count). The molecule has 0 amide bonds. The van der Waals surface area contributed by atoms with Crippen LogP contribution in [0.4, 0.5) is 17.1 Å². The van der Waals surface area contributed by atoms with Gasteiger partial charge in [0.05, 0.1) is 36.8 Å². The first-order valence-corrected chi connectivity index (χ1v) is 17.2. The molecule has 2 saturated heterocycles. The van der Waals surface area contributed by atoms with E-state index in [-0.39, 0.29) is 6.10 Å². The summed E-state index contributed by atoms with van der Waals surface area (Å²) < 4.78 is 19.1. The SMILES string of the molecule is C=C1N(c2ccc(N3CCN(c4ccc(OCC5COC(Cn6nccn6)(c6ccc7[nH]ncc7c6)O5)cc4)CC3)cc2)C=NN1C(C)CC. The fraction of sp³-hybridized carbons (Fsp3) is 0.351. The van der Waals surface area contributed by atoms with Crippen LogP contribution in [0.1, 0.15) is 25.8 Å². The lowest BCUT2D eigenvalue weighted by Crippen LogP contribution is -2.46. The Bertz CT molecular complexity index is 1940. The van der Waals surface area contributed by atoms with E-state index in [1.54, 1.807) is 23.4 Å². The molecule has 13 heteroatoms. The average molecular weight is 675 g/mol. The number of anilines is 3. The summed E-state index contributed by atoms with van der Waals surface area (Å²) in [5, 5.41) is 23.3. The van der Waals surface area contributed by atoms with Gasteiger partial charge in [0.15, 0.2) is 0 Å². The van der Waals surface area contributed by atoms with Crippen molar-refractivity contribution in [2.45, 2.75) is 44.7 Å². The van der Waals surface area contributed by atoms with Gasteiger partial charge >= 0.3 is 0 Å². The fourth-order valence-electron chi connectivity index (χ4n) is 6.76. The monoisotopic (exact) mass is 674 g/mol. The van der Waals surface area contributed by atoms with E-state index < -0.39 is 5.79 Å². The lowest BCUT2D eigenvalue weighted by Gasteiger charge is -2.37. The minimum atomic E-state index is -1.04. The lowest BCUT2D eigenvalue weighted by molar-refractivity contribution is -0.192. The summed E-state index contributed by atoms with van der Waals surface area (Å²) in [6, 6.07) is 23.3. The van der Waals surface area contributed by atoms with Gasteiger partial charge in [-0.15, -0.1) is 0 Å². The van der Waals surface area contributed by atoms with Crippen LogP contribution in [-0.4, -0.2) is 88.1 Å². The van der Waals surface area contributed by atoms with Crippen molar-refractivity contribution in [3.05, 3.63) is 103 Å². The molecule has 2 aromatic heterocycles. The van der Waals surface area contributed by atoms with Gasteiger partial charge in [-0.2, -0.15) is 25.2 Å². The van der Waals surface area contributed by atoms with Crippen molar-refractivity contribution in [1.82, 2.24) is 30.2 Å². The van der Waals surface area contributed by atoms with E-state index in [9.17, 15) is 0 Å². The third-order valence-corrected chi connectivity index (χ3v) is 9.81. The number of piperazine rings is 1. The van der Waals surface area contributed by atoms with E-state index in [4.69, 9.17) is 14.2 Å². The van der Waals surface area contributed by atoms with Gasteiger partial charge in [0.25, 0.3) is 0 Å². The molecular weight excluding hydrogens is 632 g/mol. The molecule has 0 aliphatic carbocycles. The van der Waals surface area contributed by atoms with Crippen molar-refractivity contribution in [2.24, 2.45) is 5.10 Å². The Hall–Kier alpha value is -5.40. The predicted octanol–water partition coefficient (Wildman–Crippen LogP) is 5.16. The number of hydrazone groups is 1. The molecule has 13 nitrogen and oxygen atoms in total. The molecule has 0 spiro atoms. The van der Waals surface area contributed by atoms with Crippen LogP contribution in [-0.2, 0) is 21.8 Å². The maximum atomic E-state index is 6.57. The molecule has 1 N–H and O–H groups in total. The molecule has 50 heavy (non-hydrogen) atoms. The predicted molar refractivity (Wildman–Crippen MR) is 193 cm³/mol. The summed E-state index contributed by atoms with van der Waals surface area (Å²) in [7, 11) is 0. The van der Waals surface area contributed by atoms with E-state index in [1.807, 2.05) is 46.6 Å². The second-order valence-electron chi connectivity index (χ2n) is 12.9. The normalized spacial score (nSPS) is 21.5. The smallest absolute Gasteiger partial charge is 0.217 e. The number of aromatic nitrogens is 5. The van der Waals surface area contributed by atoms with Crippen molar-refractivity contribution < 1.29 is 14.2 Å². The molecule has 5 heterocycles. The molecule has 258 valence electrons. The quantitative estimate of drug-likeness (QED) is 0.202. The average Bonchev–Trinajstić information content (AvgIpc) is 3.99. The molecule has 3 aliphatic heterocycles. The van der Waals surface area contributed by atoms with Gasteiger partial charge in [0.1, 0.15) is 37.2 Å². The second kappa shape index (κ2) is 13.5. The number of aromatic amines is 1. The van der Waals surface area contributed by atoms with Crippen LogP contribution in [0.2, 0.25) is 0 Å². The van der Waals surface area contributed by atoms with Crippen LogP contribution in [0.15, 0.2) is 103 Å². The van der Waals surface area contributed by atoms with Crippen molar-refractivity contribution in [3.63, 3.8) is 0 Å². The zero-order chi connectivity index (χ0) is 34.1. The summed E-state index contributed by atoms with van der Waals surface area (Å²) in [5.74, 6) is 0.637. The van der Waals surface area contributed by atoms with Gasteiger partial charge in [0.2, 0.25) is 5.79 Å². The van der Waals surface area contributed by atoms with Crippen LogP contribution >= 0.6 is 0 Å². The Morgan fingerprint density at radius 1 is 0.940 bits per heavy atom. The largest absolute Gasteiger partial charge is 0.491 e. The van der Waals surface area contributed by atoms with Gasteiger partial charge in [-0.05, 0) is 74.0 Å². The standard InChI is InChI=1S/C37H42N10O3/c1-4-27(2)47-28(3)45(26-41-47)33-8-6-31(7-9-33)43-17-19-44(20-18-43)32-10-12-34(13-11-32)48-23-35-24-49-37(50-35,25-46-39-15-16-40-46)30-5-14-36-29(21-30)22-38-42-36/h5-16,21-22,26-27,35H,3-4,17-20,23-25H2,1-2H3,(H,38,42). The zero-order valence-corrected chi connectivity index (χ0v) is 28.4. The maximum Gasteiger partial charge on any atom is 0.217 e. The first kappa shape index (κ1) is 31.8. The first-order valence-electron chi connectivity index (χ1n) is 17.2. The Morgan fingerprint density at radius 2 is 1.62 bits per heavy atom. The van der Waals surface area contributed by atoms with E-state index >= 15 is 0 Å². The van der Waals surface area contributed by atoms with Crippen molar-refractivity contribution >= 4 is 34.3 Å². The van der Waals surface area contributed by atoms with E-state index in [2.05, 4.69) is 92.1 Å². The fourth-order valence-corrected chi connectivity index (χ4v) is 6.76. The third-order valence-electron chi connectivity index (χ3n) is 9.81. The Kier molecular flexibility index (Phi) is 8.59. The van der Waals surface area contributed by atoms with E-state index in [0.29, 0.717) is 25.8 Å². The van der Waals surface area contributed by atoms with Gasteiger partial charge in [0, 0.05) is 54.2 Å². The summed E-state index contributed by atoms with van der Waals surface area (Å²) in [6.07, 6.45) is 7.69. The highest BCUT2D eigenvalue weighted by Crippen LogP contribution is 2.37. The van der Waals surface area contributed by atoms with Crippen molar-refractivity contribution in [3.8, 4) is 5.75 Å². The van der Waals surface area contributed by atoms with Crippen LogP contribution in [0.5, 0.6) is 5.75 Å². The van der Waals surface area contributed by atoms with Gasteiger partial charge < -0.3 is 24.0 Å². The van der Waals surface area contributed by atoms with E-state index in [1.165, 1.54) is 11.4 Å². The highest BCUT2D eigenvalue weighted by Gasteiger charge is 2.45. The van der Waals surface area contributed by atoms with Gasteiger partial charge in [-0.25, -0.2) is 5.01 Å². The minimum Gasteiger partial charge on any atom is -0.491 e. The molecule has 0 saturated carbocycles. The molecule has 5 aromatic rings. The molecule has 3 aliphatic rings. The number of benzene rings is 3. The highest BCUT2D eigenvalue weighted by molar-refractivity contribution is 5.85. The number of H-pyrrole nitrogens is 1. The minimum absolute atomic E-state index is 0.269. The number of hydrogen-bond donors (Lipinski definition) is 1. The second-order valence-corrected chi connectivity index (χ2v) is 12.9. The van der Waals surface area contributed by atoms with Crippen molar-refractivity contribution in [1.29, 1.82) is 0 Å². The molecule has 3 unspecified atom stereocenters. The molecule has 3 aromatic carbocycles. The summed E-state index contributed by atoms with van der Waals surface area (Å²) >= 11 is 0. The van der Waals surface area contributed by atoms with Crippen molar-refractivity contribution in [2.75, 3.05) is 54.1 Å². The first-order chi connectivity index (χ1) is 24.5. The third kappa shape index (κ3) is 6.25. The van der Waals surface area contributed by atoms with Crippen LogP contribution in [0.25, 0.3) is 10.9 Å². The molecule has 2 fully saturated rings. The Labute approximate surface area is 291 Å². The topological polar surface area (TPSA) is 112 Å². The van der Waals surface area contributed by atoms with Gasteiger partial charge in [-0.3, -0.25) is 10.00 Å².